The third-order valence-corrected chi connectivity index (χ3v) is 4.46. The largest absolute Gasteiger partial charge is 0.480 e. The minimum atomic E-state index is -0.642. The van der Waals surface area contributed by atoms with Gasteiger partial charge in [-0.1, -0.05) is 53.5 Å². The van der Waals surface area contributed by atoms with Gasteiger partial charge in [-0.25, -0.2) is 9.18 Å². The van der Waals surface area contributed by atoms with E-state index in [1.54, 1.807) is 48.5 Å². The molecule has 0 amide bonds. The second kappa shape index (κ2) is 9.93. The average molecular weight is 442 g/mol. The SMILES string of the molecule is N#C/C(=C/c1cccc(OC(=O)COc2ccc(Cl)cc2Cl)c1)c1ccccc1F. The van der Waals surface area contributed by atoms with Gasteiger partial charge in [-0.3, -0.25) is 0 Å². The monoisotopic (exact) mass is 441 g/mol. The molecule has 0 aromatic heterocycles. The number of allylic oxidation sites excluding steroid dienone is 1. The van der Waals surface area contributed by atoms with E-state index in [0.29, 0.717) is 16.3 Å². The standard InChI is InChI=1S/C23H14Cl2FNO3/c24-17-8-9-22(20(25)12-17)29-14-23(28)30-18-5-3-4-15(11-18)10-16(13-27)19-6-1-2-7-21(19)26/h1-12H,14H2/b16-10-. The molecule has 0 aliphatic rings. The number of carbonyl (C=O) groups is 1. The average Bonchev–Trinajstić information content (AvgIpc) is 2.72. The maximum atomic E-state index is 14.0. The molecule has 0 radical (unpaired) electrons. The normalized spacial score (nSPS) is 10.9. The summed E-state index contributed by atoms with van der Waals surface area (Å²) in [5, 5.41) is 10.1. The van der Waals surface area contributed by atoms with Crippen LogP contribution in [0.4, 0.5) is 4.39 Å². The van der Waals surface area contributed by atoms with Gasteiger partial charge in [-0.15, -0.1) is 0 Å². The Morgan fingerprint density at radius 2 is 1.87 bits per heavy atom. The molecule has 0 bridgehead atoms. The van der Waals surface area contributed by atoms with Gasteiger partial charge < -0.3 is 9.47 Å². The Labute approximate surface area is 182 Å². The highest BCUT2D eigenvalue weighted by Crippen LogP contribution is 2.27. The smallest absolute Gasteiger partial charge is 0.349 e. The van der Waals surface area contributed by atoms with Gasteiger partial charge in [-0.2, -0.15) is 5.26 Å². The van der Waals surface area contributed by atoms with Crippen LogP contribution in [0.15, 0.2) is 66.7 Å². The predicted octanol–water partition coefficient (Wildman–Crippen LogP) is 6.18. The maximum absolute atomic E-state index is 14.0. The highest BCUT2D eigenvalue weighted by atomic mass is 35.5. The van der Waals surface area contributed by atoms with E-state index in [9.17, 15) is 14.4 Å². The van der Waals surface area contributed by atoms with Crippen molar-refractivity contribution >= 4 is 40.8 Å². The zero-order valence-electron chi connectivity index (χ0n) is 15.4. The van der Waals surface area contributed by atoms with Gasteiger partial charge in [0.25, 0.3) is 0 Å². The number of halogens is 3. The lowest BCUT2D eigenvalue weighted by molar-refractivity contribution is -0.136. The van der Waals surface area contributed by atoms with Gasteiger partial charge in [0, 0.05) is 10.6 Å². The lowest BCUT2D eigenvalue weighted by Crippen LogP contribution is -2.17. The molecule has 30 heavy (non-hydrogen) atoms. The van der Waals surface area contributed by atoms with Crippen LogP contribution in [-0.4, -0.2) is 12.6 Å². The second-order valence-electron chi connectivity index (χ2n) is 6.06. The lowest BCUT2D eigenvalue weighted by atomic mass is 10.0. The Morgan fingerprint density at radius 3 is 2.60 bits per heavy atom. The zero-order chi connectivity index (χ0) is 21.5. The molecule has 0 saturated heterocycles. The molecule has 0 fully saturated rings. The number of esters is 1. The van der Waals surface area contributed by atoms with Crippen LogP contribution >= 0.6 is 23.2 Å². The third kappa shape index (κ3) is 5.60. The summed E-state index contributed by atoms with van der Waals surface area (Å²) < 4.78 is 24.6. The minimum Gasteiger partial charge on any atom is -0.480 e. The Morgan fingerprint density at radius 1 is 1.07 bits per heavy atom. The van der Waals surface area contributed by atoms with Crippen LogP contribution in [0.1, 0.15) is 11.1 Å². The lowest BCUT2D eigenvalue weighted by Gasteiger charge is -2.09. The number of benzene rings is 3. The number of nitrogens with zero attached hydrogens (tertiary/aromatic N) is 1. The van der Waals surface area contributed by atoms with Crippen molar-refractivity contribution in [2.45, 2.75) is 0 Å². The Hall–Kier alpha value is -3.33. The molecule has 0 saturated carbocycles. The molecule has 0 unspecified atom stereocenters. The molecule has 0 aliphatic carbocycles. The fraction of sp³-hybridized carbons (Fsp3) is 0.0435. The van der Waals surface area contributed by atoms with Gasteiger partial charge in [-0.05, 0) is 48.0 Å². The molecule has 7 heteroatoms. The second-order valence-corrected chi connectivity index (χ2v) is 6.90. The summed E-state index contributed by atoms with van der Waals surface area (Å²) >= 11 is 11.8. The summed E-state index contributed by atoms with van der Waals surface area (Å²) in [6.45, 7) is -0.361. The van der Waals surface area contributed by atoms with Crippen LogP contribution in [0.25, 0.3) is 11.6 Å². The Kier molecular flexibility index (Phi) is 7.08. The van der Waals surface area contributed by atoms with Crippen molar-refractivity contribution in [2.24, 2.45) is 0 Å². The van der Waals surface area contributed by atoms with Crippen molar-refractivity contribution in [3.63, 3.8) is 0 Å². The molecule has 0 atom stereocenters. The quantitative estimate of drug-likeness (QED) is 0.198. The van der Waals surface area contributed by atoms with E-state index in [2.05, 4.69) is 0 Å². The van der Waals surface area contributed by atoms with E-state index in [0.717, 1.165) is 0 Å². The summed E-state index contributed by atoms with van der Waals surface area (Å²) in [7, 11) is 0. The maximum Gasteiger partial charge on any atom is 0.349 e. The molecular formula is C23H14Cl2FNO3. The molecule has 0 spiro atoms. The number of nitriles is 1. The van der Waals surface area contributed by atoms with E-state index in [1.807, 2.05) is 6.07 Å². The predicted molar refractivity (Wildman–Crippen MR) is 114 cm³/mol. The number of hydrogen-bond donors (Lipinski definition) is 0. The van der Waals surface area contributed by atoms with Crippen molar-refractivity contribution in [2.75, 3.05) is 6.61 Å². The first-order valence-electron chi connectivity index (χ1n) is 8.71. The first kappa shape index (κ1) is 21.4. The fourth-order valence-corrected chi connectivity index (χ4v) is 3.04. The molecule has 150 valence electrons. The molecule has 4 nitrogen and oxygen atoms in total. The van der Waals surface area contributed by atoms with E-state index >= 15 is 0 Å². The van der Waals surface area contributed by atoms with Crippen LogP contribution in [0, 0.1) is 17.1 Å². The molecule has 0 heterocycles. The van der Waals surface area contributed by atoms with E-state index in [4.69, 9.17) is 32.7 Å². The summed E-state index contributed by atoms with van der Waals surface area (Å²) in [6, 6.07) is 19.1. The summed E-state index contributed by atoms with van der Waals surface area (Å²) in [5.41, 5.74) is 0.912. The summed E-state index contributed by atoms with van der Waals surface area (Å²) in [4.78, 5) is 12.1. The number of hydrogen-bond acceptors (Lipinski definition) is 4. The molecule has 3 aromatic carbocycles. The summed E-state index contributed by atoms with van der Waals surface area (Å²) in [5.74, 6) is -0.578. The van der Waals surface area contributed by atoms with Crippen LogP contribution in [-0.2, 0) is 4.79 Å². The molecule has 3 aromatic rings. The van der Waals surface area contributed by atoms with Crippen LogP contribution < -0.4 is 9.47 Å². The Balaban J connectivity index is 1.70. The van der Waals surface area contributed by atoms with Gasteiger partial charge >= 0.3 is 5.97 Å². The number of rotatable bonds is 6. The molecule has 0 aliphatic heterocycles. The van der Waals surface area contributed by atoms with Gasteiger partial charge in [0.15, 0.2) is 6.61 Å². The molecular weight excluding hydrogens is 428 g/mol. The van der Waals surface area contributed by atoms with Gasteiger partial charge in [0.2, 0.25) is 0 Å². The number of ether oxygens (including phenoxy) is 2. The highest BCUT2D eigenvalue weighted by Gasteiger charge is 2.10. The number of carbonyl (C=O) groups excluding carboxylic acids is 1. The Bertz CT molecular complexity index is 1160. The third-order valence-electron chi connectivity index (χ3n) is 3.92. The highest BCUT2D eigenvalue weighted by molar-refractivity contribution is 6.35. The zero-order valence-corrected chi connectivity index (χ0v) is 17.0. The van der Waals surface area contributed by atoms with Crippen molar-refractivity contribution in [3.05, 3.63) is 93.7 Å². The first-order valence-corrected chi connectivity index (χ1v) is 9.47. The van der Waals surface area contributed by atoms with Crippen molar-refractivity contribution < 1.29 is 18.7 Å². The van der Waals surface area contributed by atoms with Crippen LogP contribution in [0.3, 0.4) is 0 Å². The van der Waals surface area contributed by atoms with Gasteiger partial charge in [0.1, 0.15) is 17.3 Å². The van der Waals surface area contributed by atoms with Crippen LogP contribution in [0.2, 0.25) is 10.0 Å². The topological polar surface area (TPSA) is 59.3 Å². The minimum absolute atomic E-state index is 0.150. The van der Waals surface area contributed by atoms with E-state index < -0.39 is 11.8 Å². The molecule has 0 N–H and O–H groups in total. The van der Waals surface area contributed by atoms with Gasteiger partial charge in [0.05, 0.1) is 16.7 Å². The van der Waals surface area contributed by atoms with E-state index in [-0.39, 0.29) is 28.5 Å². The summed E-state index contributed by atoms with van der Waals surface area (Å²) in [6.07, 6.45) is 1.51. The van der Waals surface area contributed by atoms with E-state index in [1.165, 1.54) is 24.3 Å². The molecule has 3 rings (SSSR count). The van der Waals surface area contributed by atoms with Crippen molar-refractivity contribution in [1.82, 2.24) is 0 Å². The van der Waals surface area contributed by atoms with Crippen LogP contribution in [0.5, 0.6) is 11.5 Å². The van der Waals surface area contributed by atoms with Crippen molar-refractivity contribution in [3.8, 4) is 17.6 Å². The fourth-order valence-electron chi connectivity index (χ4n) is 2.57. The van der Waals surface area contributed by atoms with Crippen molar-refractivity contribution in [1.29, 1.82) is 5.26 Å². The first-order chi connectivity index (χ1) is 14.5.